The lowest BCUT2D eigenvalue weighted by Gasteiger charge is -2.21. The summed E-state index contributed by atoms with van der Waals surface area (Å²) in [6, 6.07) is 0. The Morgan fingerprint density at radius 2 is 2.21 bits per heavy atom. The fourth-order valence-corrected chi connectivity index (χ4v) is 1.07. The third kappa shape index (κ3) is 7.61. The first-order chi connectivity index (χ1) is 6.56. The Balaban J connectivity index is 4.02. The van der Waals surface area contributed by atoms with Gasteiger partial charge in [-0.05, 0) is 5.92 Å². The molecule has 0 fully saturated rings. The predicted octanol–water partition coefficient (Wildman–Crippen LogP) is 1.19. The number of carboxylic acid groups (broad SMARTS) is 1. The van der Waals surface area contributed by atoms with Gasteiger partial charge in [0.05, 0.1) is 6.61 Å². The molecule has 0 heterocycles. The molecule has 0 unspecified atom stereocenters. The molecule has 4 heteroatoms. The number of hydrogen-bond acceptors (Lipinski definition) is 3. The van der Waals surface area contributed by atoms with E-state index in [1.54, 1.807) is 13.3 Å². The van der Waals surface area contributed by atoms with Crippen molar-refractivity contribution in [1.82, 2.24) is 4.90 Å². The molecule has 0 amide bonds. The summed E-state index contributed by atoms with van der Waals surface area (Å²) in [5.41, 5.74) is 0. The highest BCUT2D eigenvalue weighted by Gasteiger charge is 2.02. The third-order valence-electron chi connectivity index (χ3n) is 1.61. The van der Waals surface area contributed by atoms with Crippen LogP contribution >= 0.6 is 0 Å². The van der Waals surface area contributed by atoms with E-state index in [0.29, 0.717) is 12.5 Å². The van der Waals surface area contributed by atoms with Gasteiger partial charge in [-0.2, -0.15) is 0 Å². The first kappa shape index (κ1) is 13.0. The van der Waals surface area contributed by atoms with Crippen molar-refractivity contribution in [2.45, 2.75) is 13.8 Å². The quantitative estimate of drug-likeness (QED) is 0.629. The topological polar surface area (TPSA) is 49.8 Å². The van der Waals surface area contributed by atoms with Gasteiger partial charge in [0.1, 0.15) is 0 Å². The van der Waals surface area contributed by atoms with Gasteiger partial charge in [-0.1, -0.05) is 13.8 Å². The van der Waals surface area contributed by atoms with Gasteiger partial charge in [-0.3, -0.25) is 0 Å². The van der Waals surface area contributed by atoms with Gasteiger partial charge in [0.25, 0.3) is 0 Å². The number of hydrogen-bond donors (Lipinski definition) is 1. The normalized spacial score (nSPS) is 11.1. The Morgan fingerprint density at radius 1 is 1.57 bits per heavy atom. The van der Waals surface area contributed by atoms with Crippen LogP contribution in [0.2, 0.25) is 0 Å². The molecule has 14 heavy (non-hydrogen) atoms. The minimum absolute atomic E-state index is 0.505. The van der Waals surface area contributed by atoms with Gasteiger partial charge < -0.3 is 14.7 Å². The molecule has 0 atom stereocenters. The van der Waals surface area contributed by atoms with Crippen LogP contribution in [0.1, 0.15) is 13.8 Å². The van der Waals surface area contributed by atoms with Crippen LogP contribution in [0, 0.1) is 5.92 Å². The summed E-state index contributed by atoms with van der Waals surface area (Å²) in [4.78, 5) is 12.3. The van der Waals surface area contributed by atoms with Crippen molar-refractivity contribution in [3.05, 3.63) is 12.3 Å². The second-order valence-electron chi connectivity index (χ2n) is 3.54. The molecule has 0 aliphatic heterocycles. The first-order valence-electron chi connectivity index (χ1n) is 4.70. The van der Waals surface area contributed by atoms with Crippen molar-refractivity contribution in [2.75, 3.05) is 26.8 Å². The van der Waals surface area contributed by atoms with Crippen molar-refractivity contribution < 1.29 is 14.6 Å². The highest BCUT2D eigenvalue weighted by molar-refractivity contribution is 5.79. The van der Waals surface area contributed by atoms with Crippen LogP contribution in [0.25, 0.3) is 0 Å². The van der Waals surface area contributed by atoms with E-state index in [-0.39, 0.29) is 0 Å². The maximum Gasteiger partial charge on any atom is 0.329 e. The molecule has 0 aromatic heterocycles. The monoisotopic (exact) mass is 201 g/mol. The van der Waals surface area contributed by atoms with Gasteiger partial charge in [-0.25, -0.2) is 4.79 Å². The van der Waals surface area contributed by atoms with Crippen molar-refractivity contribution >= 4 is 5.97 Å². The zero-order chi connectivity index (χ0) is 11.0. The van der Waals surface area contributed by atoms with Crippen molar-refractivity contribution in [1.29, 1.82) is 0 Å². The lowest BCUT2D eigenvalue weighted by Crippen LogP contribution is -2.26. The van der Waals surface area contributed by atoms with Crippen LogP contribution in [0.4, 0.5) is 0 Å². The molecule has 0 aliphatic carbocycles. The molecule has 0 spiro atoms. The Kier molecular flexibility index (Phi) is 6.84. The van der Waals surface area contributed by atoms with E-state index in [1.165, 1.54) is 0 Å². The zero-order valence-corrected chi connectivity index (χ0v) is 9.06. The number of carbonyl (C=O) groups is 1. The Labute approximate surface area is 85.2 Å². The fraction of sp³-hybridized carbons (Fsp3) is 0.700. The number of ether oxygens (including phenoxy) is 1. The summed E-state index contributed by atoms with van der Waals surface area (Å²) in [6.07, 6.45) is 2.75. The van der Waals surface area contributed by atoms with E-state index < -0.39 is 5.97 Å². The SMILES string of the molecule is COCCN(C=CC(=O)O)CC(C)C. The molecule has 0 radical (unpaired) electrons. The van der Waals surface area contributed by atoms with E-state index >= 15 is 0 Å². The van der Waals surface area contributed by atoms with Gasteiger partial charge in [0.15, 0.2) is 0 Å². The van der Waals surface area contributed by atoms with Gasteiger partial charge in [0.2, 0.25) is 0 Å². The summed E-state index contributed by atoms with van der Waals surface area (Å²) in [5, 5.41) is 8.48. The second kappa shape index (κ2) is 7.38. The van der Waals surface area contributed by atoms with Crippen LogP contribution in [0.5, 0.6) is 0 Å². The Morgan fingerprint density at radius 3 is 2.64 bits per heavy atom. The van der Waals surface area contributed by atoms with Crippen LogP contribution in [0.15, 0.2) is 12.3 Å². The van der Waals surface area contributed by atoms with E-state index in [0.717, 1.165) is 19.2 Å². The third-order valence-corrected chi connectivity index (χ3v) is 1.61. The minimum Gasteiger partial charge on any atom is -0.478 e. The first-order valence-corrected chi connectivity index (χ1v) is 4.70. The molecule has 0 bridgehead atoms. The van der Waals surface area contributed by atoms with Gasteiger partial charge in [-0.15, -0.1) is 0 Å². The highest BCUT2D eigenvalue weighted by atomic mass is 16.5. The highest BCUT2D eigenvalue weighted by Crippen LogP contribution is 1.99. The number of nitrogens with zero attached hydrogens (tertiary/aromatic N) is 1. The molecule has 82 valence electrons. The lowest BCUT2D eigenvalue weighted by molar-refractivity contribution is -0.131. The van der Waals surface area contributed by atoms with Gasteiger partial charge >= 0.3 is 5.97 Å². The number of carboxylic acids is 1. The molecule has 0 rings (SSSR count). The van der Waals surface area contributed by atoms with Crippen LogP contribution in [-0.2, 0) is 9.53 Å². The van der Waals surface area contributed by atoms with Crippen molar-refractivity contribution in [3.63, 3.8) is 0 Å². The van der Waals surface area contributed by atoms with E-state index in [2.05, 4.69) is 13.8 Å². The zero-order valence-electron chi connectivity index (χ0n) is 9.06. The summed E-state index contributed by atoms with van der Waals surface area (Å²) in [5.74, 6) is -0.415. The summed E-state index contributed by atoms with van der Waals surface area (Å²) < 4.78 is 4.94. The van der Waals surface area contributed by atoms with Gasteiger partial charge in [0, 0.05) is 32.5 Å². The number of rotatable bonds is 7. The average Bonchev–Trinajstić information content (AvgIpc) is 2.09. The smallest absolute Gasteiger partial charge is 0.329 e. The molecular weight excluding hydrogens is 182 g/mol. The largest absolute Gasteiger partial charge is 0.478 e. The maximum atomic E-state index is 10.3. The summed E-state index contributed by atoms with van der Waals surface area (Å²) >= 11 is 0. The molecule has 0 saturated carbocycles. The fourth-order valence-electron chi connectivity index (χ4n) is 1.07. The average molecular weight is 201 g/mol. The molecule has 0 aliphatic rings. The van der Waals surface area contributed by atoms with E-state index in [1.807, 2.05) is 4.90 Å². The molecule has 4 nitrogen and oxygen atoms in total. The Bertz CT molecular complexity index is 190. The molecule has 1 N–H and O–H groups in total. The standard InChI is InChI=1S/C10H19NO3/c1-9(2)8-11(6-7-14-3)5-4-10(12)13/h4-5,9H,6-8H2,1-3H3,(H,12,13). The van der Waals surface area contributed by atoms with E-state index in [4.69, 9.17) is 9.84 Å². The molecule has 0 saturated heterocycles. The summed E-state index contributed by atoms with van der Waals surface area (Å²) in [6.45, 7) is 6.35. The minimum atomic E-state index is -0.920. The molecule has 0 aromatic carbocycles. The van der Waals surface area contributed by atoms with Crippen LogP contribution in [-0.4, -0.2) is 42.8 Å². The van der Waals surface area contributed by atoms with Crippen LogP contribution < -0.4 is 0 Å². The van der Waals surface area contributed by atoms with E-state index in [9.17, 15) is 4.79 Å². The molecule has 0 aromatic rings. The predicted molar refractivity (Wildman–Crippen MR) is 55.1 cm³/mol. The number of methoxy groups -OCH3 is 1. The van der Waals surface area contributed by atoms with Crippen molar-refractivity contribution in [3.8, 4) is 0 Å². The lowest BCUT2D eigenvalue weighted by atomic mass is 10.2. The maximum absolute atomic E-state index is 10.3. The van der Waals surface area contributed by atoms with Crippen molar-refractivity contribution in [2.24, 2.45) is 5.92 Å². The number of aliphatic carboxylic acids is 1. The summed E-state index contributed by atoms with van der Waals surface area (Å²) in [7, 11) is 1.63. The van der Waals surface area contributed by atoms with Crippen LogP contribution in [0.3, 0.4) is 0 Å². The second-order valence-corrected chi connectivity index (χ2v) is 3.54. The molecular formula is C10H19NO3. The Hall–Kier alpha value is -1.03.